The molecular weight excluding hydrogens is 407 g/mol. The highest BCUT2D eigenvalue weighted by molar-refractivity contribution is 6.24. The van der Waals surface area contributed by atoms with Crippen LogP contribution in [0.15, 0.2) is 79.1 Å². The summed E-state index contributed by atoms with van der Waals surface area (Å²) in [6.45, 7) is 0.119. The zero-order valence-electron chi connectivity index (χ0n) is 17.0. The van der Waals surface area contributed by atoms with Crippen molar-refractivity contribution >= 4 is 34.9 Å². The Kier molecular flexibility index (Phi) is 6.27. The van der Waals surface area contributed by atoms with E-state index in [2.05, 4.69) is 9.97 Å². The van der Waals surface area contributed by atoms with Crippen LogP contribution in [0.25, 0.3) is 22.6 Å². The summed E-state index contributed by atoms with van der Waals surface area (Å²) >= 11 is 0. The summed E-state index contributed by atoms with van der Waals surface area (Å²) in [5, 5.41) is 16.2. The van der Waals surface area contributed by atoms with Crippen LogP contribution in [0, 0.1) is 16.6 Å². The van der Waals surface area contributed by atoms with Crippen LogP contribution in [0.1, 0.15) is 16.8 Å². The van der Waals surface area contributed by atoms with Crippen LogP contribution in [0.2, 0.25) is 0 Å². The number of hydrogen-bond acceptors (Lipinski definition) is 6. The van der Waals surface area contributed by atoms with Gasteiger partial charge in [-0.2, -0.15) is 0 Å². The Morgan fingerprint density at radius 3 is 2.59 bits per heavy atom. The van der Waals surface area contributed by atoms with Crippen molar-refractivity contribution in [2.24, 2.45) is 0 Å². The standard InChI is InChI=1S/C25H19FN4O2/c26-22-14-19(21(25(28)32-16-27)13-17-9-11-29-12-10-17)6-8-24(22)31-15-20-7-5-18-3-1-2-4-23(18)30-20/h1-14,16,27-28H,15H2. The summed E-state index contributed by atoms with van der Waals surface area (Å²) in [5.74, 6) is -0.775. The molecule has 2 aromatic carbocycles. The van der Waals surface area contributed by atoms with Gasteiger partial charge in [-0.3, -0.25) is 15.8 Å². The molecule has 0 atom stereocenters. The first-order valence-electron chi connectivity index (χ1n) is 9.77. The third kappa shape index (κ3) is 4.84. The van der Waals surface area contributed by atoms with Gasteiger partial charge in [-0.1, -0.05) is 30.3 Å². The Bertz CT molecular complexity index is 1310. The van der Waals surface area contributed by atoms with Crippen LogP contribution in [0.3, 0.4) is 0 Å². The highest BCUT2D eigenvalue weighted by Crippen LogP contribution is 2.26. The number of ether oxygens (including phenoxy) is 2. The molecule has 2 heterocycles. The predicted octanol–water partition coefficient (Wildman–Crippen LogP) is 5.49. The van der Waals surface area contributed by atoms with E-state index in [4.69, 9.17) is 20.3 Å². The molecule has 6 nitrogen and oxygen atoms in total. The number of nitrogens with one attached hydrogen (secondary N) is 2. The number of para-hydroxylation sites is 1. The lowest BCUT2D eigenvalue weighted by atomic mass is 10.0. The Morgan fingerprint density at radius 2 is 1.81 bits per heavy atom. The topological polar surface area (TPSA) is 91.9 Å². The predicted molar refractivity (Wildman–Crippen MR) is 122 cm³/mol. The van der Waals surface area contributed by atoms with Crippen molar-refractivity contribution in [3.05, 3.63) is 102 Å². The third-order valence-corrected chi connectivity index (χ3v) is 4.71. The van der Waals surface area contributed by atoms with Gasteiger partial charge in [0.1, 0.15) is 6.61 Å². The zero-order chi connectivity index (χ0) is 22.3. The van der Waals surface area contributed by atoms with Crippen LogP contribution in [-0.2, 0) is 11.3 Å². The fraction of sp³-hybridized carbons (Fsp3) is 0.0400. The molecule has 2 N–H and O–H groups in total. The van der Waals surface area contributed by atoms with E-state index in [9.17, 15) is 4.39 Å². The number of benzene rings is 2. The number of halogens is 1. The molecule has 0 unspecified atom stereocenters. The second kappa shape index (κ2) is 9.61. The molecule has 0 spiro atoms. The van der Waals surface area contributed by atoms with Gasteiger partial charge in [0.2, 0.25) is 5.90 Å². The second-order valence-electron chi connectivity index (χ2n) is 6.83. The van der Waals surface area contributed by atoms with Crippen LogP contribution < -0.4 is 4.74 Å². The van der Waals surface area contributed by atoms with E-state index in [1.54, 1.807) is 36.7 Å². The zero-order valence-corrected chi connectivity index (χ0v) is 17.0. The van der Waals surface area contributed by atoms with Gasteiger partial charge in [0.25, 0.3) is 0 Å². The fourth-order valence-corrected chi connectivity index (χ4v) is 3.15. The first-order chi connectivity index (χ1) is 15.6. The van der Waals surface area contributed by atoms with Crippen LogP contribution in [0.5, 0.6) is 5.75 Å². The maximum atomic E-state index is 14.8. The summed E-state index contributed by atoms with van der Waals surface area (Å²) < 4.78 is 25.4. The summed E-state index contributed by atoms with van der Waals surface area (Å²) in [6.07, 6.45) is 5.56. The van der Waals surface area contributed by atoms with Gasteiger partial charge >= 0.3 is 0 Å². The number of rotatable bonds is 7. The van der Waals surface area contributed by atoms with Gasteiger partial charge in [-0.25, -0.2) is 9.37 Å². The molecule has 7 heteroatoms. The molecule has 0 aliphatic heterocycles. The van der Waals surface area contributed by atoms with E-state index in [1.807, 2.05) is 36.4 Å². The lowest BCUT2D eigenvalue weighted by Gasteiger charge is -2.12. The molecule has 0 fully saturated rings. The molecule has 0 aliphatic carbocycles. The monoisotopic (exact) mass is 426 g/mol. The molecule has 32 heavy (non-hydrogen) atoms. The van der Waals surface area contributed by atoms with Crippen molar-refractivity contribution in [1.82, 2.24) is 9.97 Å². The first-order valence-corrected chi connectivity index (χ1v) is 9.77. The Hall–Kier alpha value is -4.39. The highest BCUT2D eigenvalue weighted by atomic mass is 19.1. The van der Waals surface area contributed by atoms with Crippen molar-refractivity contribution in [3.63, 3.8) is 0 Å². The highest BCUT2D eigenvalue weighted by Gasteiger charge is 2.14. The SMILES string of the molecule is N=COC(=N)C(=Cc1ccncc1)c1ccc(OCc2ccc3ccccc3n2)c(F)c1. The molecule has 0 saturated heterocycles. The van der Waals surface area contributed by atoms with Gasteiger partial charge < -0.3 is 9.47 Å². The molecule has 4 aromatic rings. The normalized spacial score (nSPS) is 11.2. The van der Waals surface area contributed by atoms with E-state index in [0.717, 1.165) is 16.5 Å². The lowest BCUT2D eigenvalue weighted by Crippen LogP contribution is -2.06. The summed E-state index contributed by atoms with van der Waals surface area (Å²) in [6, 6.07) is 19.5. The van der Waals surface area contributed by atoms with Crippen LogP contribution in [0.4, 0.5) is 4.39 Å². The molecule has 0 radical (unpaired) electrons. The largest absolute Gasteiger partial charge is 0.484 e. The van der Waals surface area contributed by atoms with E-state index >= 15 is 0 Å². The molecule has 0 aliphatic rings. The van der Waals surface area contributed by atoms with Crippen molar-refractivity contribution in [3.8, 4) is 5.75 Å². The van der Waals surface area contributed by atoms with Crippen molar-refractivity contribution in [2.75, 3.05) is 0 Å². The maximum Gasteiger partial charge on any atom is 0.221 e. The van der Waals surface area contributed by atoms with Gasteiger partial charge in [-0.15, -0.1) is 0 Å². The minimum atomic E-state index is -0.577. The third-order valence-electron chi connectivity index (χ3n) is 4.71. The van der Waals surface area contributed by atoms with Crippen LogP contribution in [-0.4, -0.2) is 22.3 Å². The molecular formula is C25H19FN4O2. The van der Waals surface area contributed by atoms with Crippen molar-refractivity contribution in [1.29, 1.82) is 10.8 Å². The average Bonchev–Trinajstić information content (AvgIpc) is 2.82. The van der Waals surface area contributed by atoms with Gasteiger partial charge in [0, 0.05) is 23.4 Å². The molecule has 4 rings (SSSR count). The molecule has 0 saturated carbocycles. The number of pyridine rings is 2. The molecule has 0 bridgehead atoms. The Morgan fingerprint density at radius 1 is 1.00 bits per heavy atom. The van der Waals surface area contributed by atoms with E-state index in [-0.39, 0.29) is 18.3 Å². The molecule has 158 valence electrons. The minimum absolute atomic E-state index is 0.0754. The maximum absolute atomic E-state index is 14.8. The summed E-state index contributed by atoms with van der Waals surface area (Å²) in [5.41, 5.74) is 3.03. The van der Waals surface area contributed by atoms with Gasteiger partial charge in [0.05, 0.1) is 11.2 Å². The molecule has 0 amide bonds. The lowest BCUT2D eigenvalue weighted by molar-refractivity contribution is 0.286. The number of fused-ring (bicyclic) bond motifs is 1. The van der Waals surface area contributed by atoms with E-state index < -0.39 is 5.82 Å². The second-order valence-corrected chi connectivity index (χ2v) is 6.83. The fourth-order valence-electron chi connectivity index (χ4n) is 3.15. The van der Waals surface area contributed by atoms with E-state index in [0.29, 0.717) is 23.2 Å². The van der Waals surface area contributed by atoms with Gasteiger partial charge in [-0.05, 0) is 53.6 Å². The average molecular weight is 426 g/mol. The van der Waals surface area contributed by atoms with Crippen LogP contribution >= 0.6 is 0 Å². The summed E-state index contributed by atoms with van der Waals surface area (Å²) in [7, 11) is 0. The first kappa shape index (κ1) is 20.9. The number of nitrogens with zero attached hydrogens (tertiary/aromatic N) is 2. The van der Waals surface area contributed by atoms with E-state index in [1.165, 1.54) is 12.1 Å². The van der Waals surface area contributed by atoms with Crippen molar-refractivity contribution in [2.45, 2.75) is 6.61 Å². The number of aromatic nitrogens is 2. The summed E-state index contributed by atoms with van der Waals surface area (Å²) in [4.78, 5) is 8.49. The minimum Gasteiger partial charge on any atom is -0.484 e. The smallest absolute Gasteiger partial charge is 0.221 e. The molecule has 2 aromatic heterocycles. The Labute approximate surface area is 184 Å². The quantitative estimate of drug-likeness (QED) is 0.302. The van der Waals surface area contributed by atoms with Crippen molar-refractivity contribution < 1.29 is 13.9 Å². The number of hydrogen-bond donors (Lipinski definition) is 2. The Balaban J connectivity index is 1.56. The van der Waals surface area contributed by atoms with Gasteiger partial charge in [0.15, 0.2) is 18.0 Å².